The molecule has 2 N–H and O–H groups in total. The summed E-state index contributed by atoms with van der Waals surface area (Å²) in [6.45, 7) is 0.407. The first-order valence-corrected chi connectivity index (χ1v) is 6.86. The lowest BCUT2D eigenvalue weighted by Crippen LogP contribution is -2.16. The summed E-state index contributed by atoms with van der Waals surface area (Å²) >= 11 is 0. The monoisotopic (exact) mass is 254 g/mol. The Kier molecular flexibility index (Phi) is 4.94. The molecule has 0 saturated carbocycles. The first-order chi connectivity index (χ1) is 8.01. The Bertz CT molecular complexity index is 506. The van der Waals surface area contributed by atoms with Crippen LogP contribution in [0.4, 0.5) is 0 Å². The molecule has 0 heterocycles. The van der Waals surface area contributed by atoms with Gasteiger partial charge in [0.2, 0.25) is 10.0 Å². The summed E-state index contributed by atoms with van der Waals surface area (Å²) in [4.78, 5) is 0. The number of ether oxygens (including phenoxy) is 1. The van der Waals surface area contributed by atoms with E-state index in [0.29, 0.717) is 30.8 Å². The molecule has 6 heteroatoms. The van der Waals surface area contributed by atoms with Crippen molar-refractivity contribution >= 4 is 10.0 Å². The lowest BCUT2D eigenvalue weighted by Gasteiger charge is -2.05. The second kappa shape index (κ2) is 6.23. The van der Waals surface area contributed by atoms with Gasteiger partial charge in [-0.05, 0) is 31.0 Å². The third-order valence-corrected chi connectivity index (χ3v) is 2.91. The Morgan fingerprint density at radius 1 is 1.35 bits per heavy atom. The zero-order valence-corrected chi connectivity index (χ0v) is 10.1. The molecule has 0 aliphatic heterocycles. The molecule has 0 aliphatic rings. The maximum Gasteiger partial charge on any atom is 0.209 e. The van der Waals surface area contributed by atoms with Gasteiger partial charge in [0, 0.05) is 0 Å². The zero-order valence-electron chi connectivity index (χ0n) is 9.30. The molecule has 1 rings (SSSR count). The van der Waals surface area contributed by atoms with Gasteiger partial charge in [0.1, 0.15) is 5.75 Å². The Labute approximate surface area is 101 Å². The Balaban J connectivity index is 2.29. The molecule has 0 spiro atoms. The van der Waals surface area contributed by atoms with Crippen LogP contribution in [0.15, 0.2) is 24.3 Å². The molecule has 92 valence electrons. The Hall–Kier alpha value is -1.58. The Morgan fingerprint density at radius 3 is 2.76 bits per heavy atom. The number of unbranched alkanes of at least 4 members (excludes halogenated alkanes) is 1. The standard InChI is InChI=1S/C11H14N2O3S/c12-9-10-4-3-5-11(8-10)16-6-1-2-7-17(13,14)15/h3-5,8H,1-2,6-7H2,(H2,13,14,15). The van der Waals surface area contributed by atoms with Crippen LogP contribution in [-0.4, -0.2) is 20.8 Å². The highest BCUT2D eigenvalue weighted by Crippen LogP contribution is 2.12. The predicted molar refractivity (Wildman–Crippen MR) is 63.9 cm³/mol. The normalized spacial score (nSPS) is 10.8. The van der Waals surface area contributed by atoms with Crippen LogP contribution in [0.5, 0.6) is 5.75 Å². The lowest BCUT2D eigenvalue weighted by molar-refractivity contribution is 0.309. The van der Waals surface area contributed by atoms with Gasteiger partial charge in [0.25, 0.3) is 0 Å². The molecule has 0 radical (unpaired) electrons. The van der Waals surface area contributed by atoms with Gasteiger partial charge >= 0.3 is 0 Å². The number of hydrogen-bond donors (Lipinski definition) is 1. The van der Waals surface area contributed by atoms with E-state index in [2.05, 4.69) is 0 Å². The molecule has 1 aromatic carbocycles. The molecule has 0 aromatic heterocycles. The molecule has 0 unspecified atom stereocenters. The van der Waals surface area contributed by atoms with Crippen molar-refractivity contribution in [3.05, 3.63) is 29.8 Å². The average Bonchev–Trinajstić information content (AvgIpc) is 2.27. The van der Waals surface area contributed by atoms with Crippen LogP contribution in [-0.2, 0) is 10.0 Å². The predicted octanol–water partition coefficient (Wildman–Crippen LogP) is 1.01. The average molecular weight is 254 g/mol. The van der Waals surface area contributed by atoms with Crippen LogP contribution >= 0.6 is 0 Å². The zero-order chi connectivity index (χ0) is 12.7. The summed E-state index contributed by atoms with van der Waals surface area (Å²) in [6, 6.07) is 8.82. The maximum atomic E-state index is 10.6. The van der Waals surface area contributed by atoms with Gasteiger partial charge in [-0.3, -0.25) is 0 Å². The first kappa shape index (κ1) is 13.5. The fraction of sp³-hybridized carbons (Fsp3) is 0.364. The maximum absolute atomic E-state index is 10.6. The van der Waals surface area contributed by atoms with Crippen LogP contribution < -0.4 is 9.88 Å². The highest BCUT2D eigenvalue weighted by molar-refractivity contribution is 7.89. The molecular weight excluding hydrogens is 240 g/mol. The summed E-state index contributed by atoms with van der Waals surface area (Å²) in [5, 5.41) is 13.5. The number of hydrogen-bond acceptors (Lipinski definition) is 4. The molecule has 0 atom stereocenters. The van der Waals surface area contributed by atoms with E-state index >= 15 is 0 Å². The van der Waals surface area contributed by atoms with Gasteiger partial charge in [-0.2, -0.15) is 5.26 Å². The summed E-state index contributed by atoms with van der Waals surface area (Å²) in [5.41, 5.74) is 0.534. The van der Waals surface area contributed by atoms with Gasteiger partial charge in [-0.1, -0.05) is 6.07 Å². The topological polar surface area (TPSA) is 93.2 Å². The van der Waals surface area contributed by atoms with Crippen LogP contribution in [0.3, 0.4) is 0 Å². The van der Waals surface area contributed by atoms with E-state index < -0.39 is 10.0 Å². The van der Waals surface area contributed by atoms with E-state index in [1.807, 2.05) is 6.07 Å². The third kappa shape index (κ3) is 5.90. The van der Waals surface area contributed by atoms with Gasteiger partial charge in [0.05, 0.1) is 24.0 Å². The van der Waals surface area contributed by atoms with Gasteiger partial charge in [0.15, 0.2) is 0 Å². The summed E-state index contributed by atoms with van der Waals surface area (Å²) in [6.07, 6.45) is 1.07. The molecule has 17 heavy (non-hydrogen) atoms. The fourth-order valence-corrected chi connectivity index (χ4v) is 1.86. The van der Waals surface area contributed by atoms with E-state index in [-0.39, 0.29) is 5.75 Å². The summed E-state index contributed by atoms with van der Waals surface area (Å²) in [7, 11) is -3.38. The molecule has 0 fully saturated rings. The number of rotatable bonds is 6. The summed E-state index contributed by atoms with van der Waals surface area (Å²) < 4.78 is 26.7. The van der Waals surface area contributed by atoms with E-state index in [0.717, 1.165) is 0 Å². The van der Waals surface area contributed by atoms with Crippen molar-refractivity contribution in [3.63, 3.8) is 0 Å². The van der Waals surface area contributed by atoms with Crippen molar-refractivity contribution in [1.29, 1.82) is 5.26 Å². The minimum atomic E-state index is -3.38. The second-order valence-corrected chi connectivity index (χ2v) is 5.30. The fourth-order valence-electron chi connectivity index (χ4n) is 1.25. The van der Waals surface area contributed by atoms with Crippen molar-refractivity contribution in [2.75, 3.05) is 12.4 Å². The SMILES string of the molecule is N#Cc1cccc(OCCCCS(N)(=O)=O)c1. The van der Waals surface area contributed by atoms with E-state index in [9.17, 15) is 8.42 Å². The number of nitrogens with two attached hydrogens (primary N) is 1. The number of sulfonamides is 1. The van der Waals surface area contributed by atoms with Crippen LogP contribution in [0, 0.1) is 11.3 Å². The van der Waals surface area contributed by atoms with Crippen molar-refractivity contribution < 1.29 is 13.2 Å². The van der Waals surface area contributed by atoms with E-state index in [1.165, 1.54) is 0 Å². The van der Waals surface area contributed by atoms with Crippen molar-refractivity contribution in [2.45, 2.75) is 12.8 Å². The van der Waals surface area contributed by atoms with Crippen molar-refractivity contribution in [1.82, 2.24) is 0 Å². The van der Waals surface area contributed by atoms with Gasteiger partial charge < -0.3 is 4.74 Å². The quantitative estimate of drug-likeness (QED) is 0.766. The third-order valence-electron chi connectivity index (χ3n) is 2.06. The minimum absolute atomic E-state index is 0.0331. The van der Waals surface area contributed by atoms with Crippen molar-refractivity contribution in [3.8, 4) is 11.8 Å². The minimum Gasteiger partial charge on any atom is -0.494 e. The van der Waals surface area contributed by atoms with Crippen LogP contribution in [0.2, 0.25) is 0 Å². The largest absolute Gasteiger partial charge is 0.494 e. The van der Waals surface area contributed by atoms with E-state index in [4.69, 9.17) is 15.1 Å². The molecule has 0 amide bonds. The van der Waals surface area contributed by atoms with Crippen LogP contribution in [0.1, 0.15) is 18.4 Å². The highest BCUT2D eigenvalue weighted by Gasteiger charge is 2.02. The summed E-state index contributed by atoms with van der Waals surface area (Å²) in [5.74, 6) is 0.578. The molecule has 0 aliphatic carbocycles. The second-order valence-electron chi connectivity index (χ2n) is 3.56. The number of benzene rings is 1. The molecule has 0 saturated heterocycles. The molecule has 5 nitrogen and oxygen atoms in total. The molecular formula is C11H14N2O3S. The lowest BCUT2D eigenvalue weighted by atomic mass is 10.2. The van der Waals surface area contributed by atoms with Gasteiger partial charge in [-0.15, -0.1) is 0 Å². The smallest absolute Gasteiger partial charge is 0.209 e. The highest BCUT2D eigenvalue weighted by atomic mass is 32.2. The van der Waals surface area contributed by atoms with E-state index in [1.54, 1.807) is 24.3 Å². The number of primary sulfonamides is 1. The Morgan fingerprint density at radius 2 is 2.12 bits per heavy atom. The van der Waals surface area contributed by atoms with Crippen LogP contribution in [0.25, 0.3) is 0 Å². The van der Waals surface area contributed by atoms with Crippen molar-refractivity contribution in [2.24, 2.45) is 5.14 Å². The number of nitriles is 1. The molecule has 0 bridgehead atoms. The molecule has 1 aromatic rings. The number of nitrogens with zero attached hydrogens (tertiary/aromatic N) is 1. The first-order valence-electron chi connectivity index (χ1n) is 5.15. The van der Waals surface area contributed by atoms with Gasteiger partial charge in [-0.25, -0.2) is 13.6 Å².